The molecule has 4 nitrogen and oxygen atoms in total. The fourth-order valence-electron chi connectivity index (χ4n) is 2.46. The van der Waals surface area contributed by atoms with E-state index in [2.05, 4.69) is 0 Å². The van der Waals surface area contributed by atoms with Crippen molar-refractivity contribution in [2.75, 3.05) is 0 Å². The Hall–Kier alpha value is -1.42. The van der Waals surface area contributed by atoms with Crippen LogP contribution in [0, 0.1) is 0 Å². The maximum absolute atomic E-state index is 12.8. The van der Waals surface area contributed by atoms with Crippen molar-refractivity contribution in [2.45, 2.75) is 31.8 Å². The zero-order chi connectivity index (χ0) is 16.2. The van der Waals surface area contributed by atoms with Gasteiger partial charge < -0.3 is 10.00 Å². The second-order valence-corrected chi connectivity index (χ2v) is 8.18. The minimum Gasteiger partial charge on any atom is -0.481 e. The highest BCUT2D eigenvalue weighted by atomic mass is 32.1. The number of benzene rings is 1. The van der Waals surface area contributed by atoms with Crippen molar-refractivity contribution < 1.29 is 19.4 Å². The first-order valence-electron chi connectivity index (χ1n) is 7.11. The summed E-state index contributed by atoms with van der Waals surface area (Å²) >= 11 is 1.28. The standard InChI is InChI=1S/C16H19O4PS/c1-2-6-13(16(17)18)14-10-22-11-15(14)21(19,20)9-12-7-4-3-5-8-12/h3-5,7-8,10-11,13H,2,6,9H2,1H3,(H,17,18)(H,19,20). The molecule has 1 heterocycles. The molecule has 0 fully saturated rings. The third-order valence-corrected chi connectivity index (χ3v) is 6.41. The van der Waals surface area contributed by atoms with E-state index in [-0.39, 0.29) is 6.16 Å². The van der Waals surface area contributed by atoms with Crippen LogP contribution in [0.2, 0.25) is 0 Å². The summed E-state index contributed by atoms with van der Waals surface area (Å²) < 4.78 is 12.8. The summed E-state index contributed by atoms with van der Waals surface area (Å²) in [6, 6.07) is 9.09. The summed E-state index contributed by atoms with van der Waals surface area (Å²) in [5, 5.41) is 13.0. The first-order valence-corrected chi connectivity index (χ1v) is 9.89. The summed E-state index contributed by atoms with van der Waals surface area (Å²) in [5.74, 6) is -1.66. The number of rotatable bonds is 7. The van der Waals surface area contributed by atoms with Gasteiger partial charge in [-0.3, -0.25) is 9.36 Å². The van der Waals surface area contributed by atoms with E-state index in [0.29, 0.717) is 23.7 Å². The number of carboxylic acids is 1. The second-order valence-electron chi connectivity index (χ2n) is 5.24. The molecule has 2 aromatic rings. The molecule has 6 heteroatoms. The van der Waals surface area contributed by atoms with Crippen LogP contribution in [-0.4, -0.2) is 16.0 Å². The molecule has 0 aliphatic rings. The van der Waals surface area contributed by atoms with Crippen LogP contribution in [0.5, 0.6) is 0 Å². The summed E-state index contributed by atoms with van der Waals surface area (Å²) in [5.41, 5.74) is 1.26. The molecule has 0 radical (unpaired) electrons. The maximum atomic E-state index is 12.8. The van der Waals surface area contributed by atoms with Crippen molar-refractivity contribution in [1.29, 1.82) is 0 Å². The first-order chi connectivity index (χ1) is 10.5. The molecular formula is C16H19O4PS. The molecule has 0 saturated heterocycles. The molecule has 0 bridgehead atoms. The van der Waals surface area contributed by atoms with Crippen LogP contribution in [0.1, 0.15) is 36.8 Å². The van der Waals surface area contributed by atoms with Crippen LogP contribution in [0.4, 0.5) is 0 Å². The van der Waals surface area contributed by atoms with Crippen LogP contribution in [0.25, 0.3) is 0 Å². The zero-order valence-corrected chi connectivity index (χ0v) is 14.0. The van der Waals surface area contributed by atoms with Gasteiger partial charge in [-0.1, -0.05) is 43.7 Å². The Morgan fingerprint density at radius 3 is 2.55 bits per heavy atom. The van der Waals surface area contributed by atoms with Crippen molar-refractivity contribution in [3.05, 3.63) is 52.2 Å². The largest absolute Gasteiger partial charge is 0.481 e. The quantitative estimate of drug-likeness (QED) is 0.753. The third kappa shape index (κ3) is 3.86. The predicted octanol–water partition coefficient (Wildman–Crippen LogP) is 3.81. The van der Waals surface area contributed by atoms with Gasteiger partial charge in [-0.15, -0.1) is 0 Å². The molecular weight excluding hydrogens is 319 g/mol. The molecule has 2 atom stereocenters. The molecule has 0 saturated carbocycles. The number of thiophene rings is 1. The lowest BCUT2D eigenvalue weighted by atomic mass is 9.97. The Bertz CT molecular complexity index is 680. The van der Waals surface area contributed by atoms with E-state index < -0.39 is 19.3 Å². The van der Waals surface area contributed by atoms with Crippen LogP contribution < -0.4 is 5.30 Å². The van der Waals surface area contributed by atoms with E-state index in [1.54, 1.807) is 22.9 Å². The topological polar surface area (TPSA) is 74.6 Å². The predicted molar refractivity (Wildman–Crippen MR) is 89.2 cm³/mol. The van der Waals surface area contributed by atoms with Crippen LogP contribution in [0.15, 0.2) is 41.1 Å². The number of carbonyl (C=O) groups is 1. The summed E-state index contributed by atoms with van der Waals surface area (Å²) in [7, 11) is -3.63. The van der Waals surface area contributed by atoms with Gasteiger partial charge in [0, 0.05) is 5.38 Å². The minimum absolute atomic E-state index is 0.0238. The lowest BCUT2D eigenvalue weighted by Gasteiger charge is -2.17. The van der Waals surface area contributed by atoms with Gasteiger partial charge in [0.1, 0.15) is 0 Å². The van der Waals surface area contributed by atoms with Crippen molar-refractivity contribution in [2.24, 2.45) is 0 Å². The minimum atomic E-state index is -3.63. The molecule has 2 unspecified atom stereocenters. The van der Waals surface area contributed by atoms with Crippen LogP contribution in [-0.2, 0) is 15.5 Å². The van der Waals surface area contributed by atoms with E-state index >= 15 is 0 Å². The van der Waals surface area contributed by atoms with E-state index in [4.69, 9.17) is 0 Å². The fourth-order valence-corrected chi connectivity index (χ4v) is 5.66. The molecule has 0 aliphatic heterocycles. The smallest absolute Gasteiger partial charge is 0.311 e. The van der Waals surface area contributed by atoms with Gasteiger partial charge >= 0.3 is 5.97 Å². The second kappa shape index (κ2) is 7.23. The van der Waals surface area contributed by atoms with E-state index in [1.165, 1.54) is 11.3 Å². The molecule has 2 rings (SSSR count). The van der Waals surface area contributed by atoms with Crippen molar-refractivity contribution in [1.82, 2.24) is 0 Å². The number of hydrogen-bond donors (Lipinski definition) is 2. The SMILES string of the molecule is CCCC(C(=O)O)c1cscc1P(=O)(O)Cc1ccccc1. The van der Waals surface area contributed by atoms with Gasteiger partial charge in [-0.2, -0.15) is 11.3 Å². The number of carboxylic acid groups (broad SMARTS) is 1. The summed E-state index contributed by atoms with van der Waals surface area (Å²) in [4.78, 5) is 21.9. The highest BCUT2D eigenvalue weighted by Gasteiger charge is 2.31. The Morgan fingerprint density at radius 2 is 1.95 bits per heavy atom. The van der Waals surface area contributed by atoms with Gasteiger partial charge in [0.05, 0.1) is 17.4 Å². The maximum Gasteiger partial charge on any atom is 0.311 e. The first kappa shape index (κ1) is 16.9. The molecule has 0 amide bonds. The summed E-state index contributed by atoms with van der Waals surface area (Å²) in [6.45, 7) is 1.91. The van der Waals surface area contributed by atoms with E-state index in [9.17, 15) is 19.4 Å². The lowest BCUT2D eigenvalue weighted by Crippen LogP contribution is -2.19. The number of aliphatic carboxylic acids is 1. The zero-order valence-electron chi connectivity index (χ0n) is 12.3. The fraction of sp³-hybridized carbons (Fsp3) is 0.312. The van der Waals surface area contributed by atoms with Crippen molar-refractivity contribution in [3.63, 3.8) is 0 Å². The van der Waals surface area contributed by atoms with E-state index in [1.807, 2.05) is 25.1 Å². The highest BCUT2D eigenvalue weighted by Crippen LogP contribution is 2.46. The Morgan fingerprint density at radius 1 is 1.27 bits per heavy atom. The Labute approximate surface area is 133 Å². The molecule has 2 N–H and O–H groups in total. The Kier molecular flexibility index (Phi) is 5.57. The average Bonchev–Trinajstić information content (AvgIpc) is 2.95. The van der Waals surface area contributed by atoms with E-state index in [0.717, 1.165) is 5.56 Å². The van der Waals surface area contributed by atoms with Gasteiger partial charge in [0.25, 0.3) is 0 Å². The lowest BCUT2D eigenvalue weighted by molar-refractivity contribution is -0.138. The van der Waals surface area contributed by atoms with Crippen LogP contribution >= 0.6 is 18.7 Å². The highest BCUT2D eigenvalue weighted by molar-refractivity contribution is 7.65. The van der Waals surface area contributed by atoms with Crippen molar-refractivity contribution >= 4 is 30.0 Å². The van der Waals surface area contributed by atoms with Crippen LogP contribution in [0.3, 0.4) is 0 Å². The molecule has 0 spiro atoms. The van der Waals surface area contributed by atoms with Gasteiger partial charge in [0.15, 0.2) is 0 Å². The van der Waals surface area contributed by atoms with Gasteiger partial charge in [-0.05, 0) is 22.9 Å². The number of hydrogen-bond acceptors (Lipinski definition) is 3. The molecule has 118 valence electrons. The average molecular weight is 338 g/mol. The molecule has 1 aromatic heterocycles. The monoisotopic (exact) mass is 338 g/mol. The molecule has 0 aliphatic carbocycles. The molecule has 22 heavy (non-hydrogen) atoms. The van der Waals surface area contributed by atoms with Gasteiger partial charge in [-0.25, -0.2) is 0 Å². The third-order valence-electron chi connectivity index (χ3n) is 3.54. The van der Waals surface area contributed by atoms with Crippen molar-refractivity contribution in [3.8, 4) is 0 Å². The molecule has 1 aromatic carbocycles. The Balaban J connectivity index is 2.34. The summed E-state index contributed by atoms with van der Waals surface area (Å²) in [6.07, 6.45) is 1.20. The normalized spacial score (nSPS) is 15.2. The van der Waals surface area contributed by atoms with Gasteiger partial charge in [0.2, 0.25) is 7.37 Å².